The van der Waals surface area contributed by atoms with Gasteiger partial charge < -0.3 is 15.0 Å². The Labute approximate surface area is 194 Å². The van der Waals surface area contributed by atoms with E-state index in [1.54, 1.807) is 0 Å². The highest BCUT2D eigenvalue weighted by Crippen LogP contribution is 2.53. The number of imide groups is 1. The molecule has 34 heavy (non-hydrogen) atoms. The Morgan fingerprint density at radius 3 is 2.76 bits per heavy atom. The van der Waals surface area contributed by atoms with Gasteiger partial charge in [-0.3, -0.25) is 24.6 Å². The van der Waals surface area contributed by atoms with Crippen molar-refractivity contribution >= 4 is 34.3 Å². The molecule has 0 aliphatic carbocycles. The lowest BCUT2D eigenvalue weighted by molar-refractivity contribution is -0.143. The summed E-state index contributed by atoms with van der Waals surface area (Å²) >= 11 is 0. The topological polar surface area (TPSA) is 104 Å². The highest BCUT2D eigenvalue weighted by molar-refractivity contribution is 6.15. The van der Waals surface area contributed by atoms with Crippen LogP contribution in [0.3, 0.4) is 0 Å². The number of nitrogens with zero attached hydrogens (tertiary/aromatic N) is 1. The van der Waals surface area contributed by atoms with E-state index in [0.717, 1.165) is 16.5 Å². The minimum absolute atomic E-state index is 0.106. The number of carbonyl (C=O) groups is 3. The van der Waals surface area contributed by atoms with Gasteiger partial charge in [0.1, 0.15) is 11.4 Å². The first kappa shape index (κ1) is 21.0. The number of fused-ring (bicyclic) bond motifs is 5. The first-order valence-electron chi connectivity index (χ1n) is 11.2. The Bertz CT molecular complexity index is 1350. The van der Waals surface area contributed by atoms with E-state index in [1.807, 2.05) is 30.5 Å². The standard InChI is InChI=1S/C25H23FN4O4/c1-34-9-8-30-22(31)20-19(10-13-12-27-17-5-3-2-4-15(13)17)29-25(21(20)23(30)32)16-11-14(26)6-7-18(16)28-24(25)33/h2-7,11-12,19-21,27,29H,8-10H2,1H3,(H,28,33)/t19?,20-,21+,25?/m1/s1. The average Bonchev–Trinajstić information content (AvgIpc) is 3.53. The lowest BCUT2D eigenvalue weighted by Gasteiger charge is -2.29. The van der Waals surface area contributed by atoms with Gasteiger partial charge in [0.05, 0.1) is 25.0 Å². The molecule has 3 aliphatic heterocycles. The number of methoxy groups -OCH3 is 1. The number of nitrogens with one attached hydrogen (secondary N) is 3. The number of para-hydroxylation sites is 1. The van der Waals surface area contributed by atoms with Crippen LogP contribution in [-0.2, 0) is 31.1 Å². The summed E-state index contributed by atoms with van der Waals surface area (Å²) in [6, 6.07) is 11.4. The summed E-state index contributed by atoms with van der Waals surface area (Å²) < 4.78 is 19.4. The van der Waals surface area contributed by atoms with Gasteiger partial charge in [-0.05, 0) is 36.2 Å². The summed E-state index contributed by atoms with van der Waals surface area (Å²) in [5.41, 5.74) is 1.22. The van der Waals surface area contributed by atoms with Crippen LogP contribution in [0, 0.1) is 17.7 Å². The SMILES string of the molecule is COCCN1C(=O)[C@@H]2C(Cc3c[nH]c4ccccc34)NC3(C(=O)Nc4ccc(F)cc43)[C@@H]2C1=O. The van der Waals surface area contributed by atoms with Crippen LogP contribution in [-0.4, -0.2) is 53.9 Å². The molecule has 3 aliphatic rings. The molecule has 2 fully saturated rings. The number of H-pyrrole nitrogens is 1. The van der Waals surface area contributed by atoms with E-state index < -0.39 is 41.0 Å². The molecule has 4 heterocycles. The second kappa shape index (κ2) is 7.48. The molecule has 8 nitrogen and oxygen atoms in total. The number of aromatic amines is 1. The lowest BCUT2D eigenvalue weighted by atomic mass is 9.76. The number of hydrogen-bond acceptors (Lipinski definition) is 5. The van der Waals surface area contributed by atoms with E-state index in [2.05, 4.69) is 15.6 Å². The van der Waals surface area contributed by atoms with E-state index in [9.17, 15) is 18.8 Å². The van der Waals surface area contributed by atoms with Crippen molar-refractivity contribution in [3.8, 4) is 0 Å². The number of benzene rings is 2. The van der Waals surface area contributed by atoms with E-state index >= 15 is 0 Å². The molecule has 0 saturated carbocycles. The minimum atomic E-state index is -1.52. The molecule has 0 bridgehead atoms. The van der Waals surface area contributed by atoms with Crippen LogP contribution in [0.15, 0.2) is 48.7 Å². The molecule has 4 atom stereocenters. The highest BCUT2D eigenvalue weighted by Gasteiger charge is 2.70. The minimum Gasteiger partial charge on any atom is -0.383 e. The number of ether oxygens (including phenoxy) is 1. The van der Waals surface area contributed by atoms with Crippen molar-refractivity contribution in [2.75, 3.05) is 25.6 Å². The van der Waals surface area contributed by atoms with Crippen LogP contribution in [0.5, 0.6) is 0 Å². The van der Waals surface area contributed by atoms with Crippen LogP contribution < -0.4 is 10.6 Å². The molecule has 6 rings (SSSR count). The predicted octanol–water partition coefficient (Wildman–Crippen LogP) is 1.92. The second-order valence-corrected chi connectivity index (χ2v) is 9.09. The molecular formula is C25H23FN4O4. The summed E-state index contributed by atoms with van der Waals surface area (Å²) in [5, 5.41) is 7.15. The Kier molecular flexibility index (Phi) is 4.62. The van der Waals surface area contributed by atoms with Crippen LogP contribution >= 0.6 is 0 Å². The molecule has 174 valence electrons. The molecule has 9 heteroatoms. The summed E-state index contributed by atoms with van der Waals surface area (Å²) in [4.78, 5) is 45.0. The first-order valence-corrected chi connectivity index (χ1v) is 11.2. The zero-order chi connectivity index (χ0) is 23.6. The van der Waals surface area contributed by atoms with Crippen molar-refractivity contribution in [1.29, 1.82) is 0 Å². The molecule has 2 unspecified atom stereocenters. The van der Waals surface area contributed by atoms with E-state index in [0.29, 0.717) is 17.7 Å². The summed E-state index contributed by atoms with van der Waals surface area (Å²) in [5.74, 6) is -3.47. The van der Waals surface area contributed by atoms with Gasteiger partial charge in [-0.15, -0.1) is 0 Å². The van der Waals surface area contributed by atoms with Gasteiger partial charge in [0.25, 0.3) is 0 Å². The Hall–Kier alpha value is -3.56. The van der Waals surface area contributed by atoms with Crippen LogP contribution in [0.1, 0.15) is 11.1 Å². The summed E-state index contributed by atoms with van der Waals surface area (Å²) in [6.45, 7) is 0.302. The Morgan fingerprint density at radius 1 is 1.12 bits per heavy atom. The van der Waals surface area contributed by atoms with Crippen molar-refractivity contribution in [2.45, 2.75) is 18.0 Å². The quantitative estimate of drug-likeness (QED) is 0.503. The fourth-order valence-corrected chi connectivity index (χ4v) is 5.95. The summed E-state index contributed by atoms with van der Waals surface area (Å²) in [7, 11) is 1.50. The number of likely N-dealkylation sites (tertiary alicyclic amines) is 1. The Morgan fingerprint density at radius 2 is 1.94 bits per heavy atom. The molecule has 3 N–H and O–H groups in total. The predicted molar refractivity (Wildman–Crippen MR) is 121 cm³/mol. The van der Waals surface area contributed by atoms with Crippen molar-refractivity contribution < 1.29 is 23.5 Å². The maximum absolute atomic E-state index is 14.3. The normalized spacial score (nSPS) is 27.6. The third-order valence-electron chi connectivity index (χ3n) is 7.40. The molecule has 2 aromatic carbocycles. The van der Waals surface area contributed by atoms with Gasteiger partial charge in [-0.25, -0.2) is 4.39 Å². The van der Waals surface area contributed by atoms with Crippen LogP contribution in [0.25, 0.3) is 10.9 Å². The molecule has 3 amide bonds. The zero-order valence-electron chi connectivity index (χ0n) is 18.4. The monoisotopic (exact) mass is 462 g/mol. The summed E-state index contributed by atoms with van der Waals surface area (Å²) in [6.07, 6.45) is 2.31. The number of anilines is 1. The third kappa shape index (κ3) is 2.74. The molecule has 2 saturated heterocycles. The van der Waals surface area contributed by atoms with Gasteiger partial charge in [-0.1, -0.05) is 18.2 Å². The number of amides is 3. The van der Waals surface area contributed by atoms with E-state index in [4.69, 9.17) is 4.74 Å². The molecule has 1 aromatic heterocycles. The van der Waals surface area contributed by atoms with Crippen molar-refractivity contribution in [3.63, 3.8) is 0 Å². The number of aromatic nitrogens is 1. The van der Waals surface area contributed by atoms with E-state index in [1.165, 1.54) is 30.2 Å². The average molecular weight is 462 g/mol. The van der Waals surface area contributed by atoms with Crippen molar-refractivity contribution in [1.82, 2.24) is 15.2 Å². The van der Waals surface area contributed by atoms with Gasteiger partial charge >= 0.3 is 0 Å². The maximum atomic E-state index is 14.3. The largest absolute Gasteiger partial charge is 0.383 e. The maximum Gasteiger partial charge on any atom is 0.250 e. The van der Waals surface area contributed by atoms with Crippen molar-refractivity contribution in [3.05, 3.63) is 65.6 Å². The highest BCUT2D eigenvalue weighted by atomic mass is 19.1. The fraction of sp³-hybridized carbons (Fsp3) is 0.320. The van der Waals surface area contributed by atoms with Gasteiger partial charge in [-0.2, -0.15) is 0 Å². The lowest BCUT2D eigenvalue weighted by Crippen LogP contribution is -2.53. The Balaban J connectivity index is 1.47. The van der Waals surface area contributed by atoms with E-state index in [-0.39, 0.29) is 19.1 Å². The van der Waals surface area contributed by atoms with Crippen LogP contribution in [0.4, 0.5) is 10.1 Å². The third-order valence-corrected chi connectivity index (χ3v) is 7.40. The number of hydrogen-bond donors (Lipinski definition) is 3. The second-order valence-electron chi connectivity index (χ2n) is 9.09. The first-order chi connectivity index (χ1) is 16.5. The van der Waals surface area contributed by atoms with Gasteiger partial charge in [0, 0.05) is 41.5 Å². The number of rotatable bonds is 5. The van der Waals surface area contributed by atoms with Crippen molar-refractivity contribution in [2.24, 2.45) is 11.8 Å². The number of halogens is 1. The zero-order valence-corrected chi connectivity index (χ0v) is 18.4. The molecule has 1 spiro atoms. The number of carbonyl (C=O) groups excluding carboxylic acids is 3. The fourth-order valence-electron chi connectivity index (χ4n) is 5.95. The van der Waals surface area contributed by atoms with Gasteiger partial charge in [0.15, 0.2) is 0 Å². The molecule has 3 aromatic rings. The molecule has 0 radical (unpaired) electrons. The van der Waals surface area contributed by atoms with Gasteiger partial charge in [0.2, 0.25) is 17.7 Å². The smallest absolute Gasteiger partial charge is 0.250 e. The molecular weight excluding hydrogens is 439 g/mol. The van der Waals surface area contributed by atoms with Crippen LogP contribution in [0.2, 0.25) is 0 Å².